The van der Waals surface area contributed by atoms with Gasteiger partial charge in [0.1, 0.15) is 11.8 Å². The van der Waals surface area contributed by atoms with Crippen LogP contribution in [-0.2, 0) is 20.8 Å². The summed E-state index contributed by atoms with van der Waals surface area (Å²) in [6, 6.07) is 16.2. The highest BCUT2D eigenvalue weighted by Crippen LogP contribution is 2.36. The molecule has 0 saturated carbocycles. The number of rotatable bonds is 14. The van der Waals surface area contributed by atoms with Crippen LogP contribution in [0.25, 0.3) is 0 Å². The van der Waals surface area contributed by atoms with E-state index in [1.807, 2.05) is 30.3 Å². The third-order valence-electron chi connectivity index (χ3n) is 5.56. The Balaban J connectivity index is 1.73. The minimum atomic E-state index is -0.973. The van der Waals surface area contributed by atoms with E-state index in [0.717, 1.165) is 5.56 Å². The number of hydrazone groups is 1. The van der Waals surface area contributed by atoms with Gasteiger partial charge >= 0.3 is 0 Å². The molecule has 3 amide bonds. The van der Waals surface area contributed by atoms with Crippen molar-refractivity contribution in [2.45, 2.75) is 32.4 Å². The summed E-state index contributed by atoms with van der Waals surface area (Å²) < 4.78 is 17.3. The van der Waals surface area contributed by atoms with Crippen LogP contribution in [0.5, 0.6) is 17.2 Å². The Hall–Kier alpha value is -3.80. The number of nitrogens with one attached hydrogen (secondary N) is 2. The van der Waals surface area contributed by atoms with E-state index in [1.54, 1.807) is 38.1 Å². The molecule has 3 rings (SSSR count). The number of nitrogens with two attached hydrogens (primary N) is 1. The summed E-state index contributed by atoms with van der Waals surface area (Å²) in [6.07, 6.45) is 0.635. The first kappa shape index (κ1) is 32.7. The van der Waals surface area contributed by atoms with Gasteiger partial charge in [-0.1, -0.05) is 53.5 Å². The van der Waals surface area contributed by atoms with Gasteiger partial charge in [-0.2, -0.15) is 5.10 Å². The molecule has 0 aliphatic carbocycles. The van der Waals surface area contributed by atoms with E-state index in [1.165, 1.54) is 12.3 Å². The third kappa shape index (κ3) is 9.93. The highest BCUT2D eigenvalue weighted by atomic mass is 79.9. The molecule has 2 atom stereocenters. The molecule has 0 aromatic heterocycles. The van der Waals surface area contributed by atoms with E-state index in [4.69, 9.17) is 43.1 Å². The molecule has 10 nitrogen and oxygen atoms in total. The van der Waals surface area contributed by atoms with Crippen LogP contribution in [0.15, 0.2) is 70.2 Å². The molecule has 13 heteroatoms. The van der Waals surface area contributed by atoms with Gasteiger partial charge in [-0.05, 0) is 71.2 Å². The van der Waals surface area contributed by atoms with Gasteiger partial charge in [0.05, 0.1) is 22.3 Å². The first-order chi connectivity index (χ1) is 20.1. The molecule has 0 heterocycles. The number of nitrogens with zero attached hydrogens (tertiary/aromatic N) is 1. The lowest BCUT2D eigenvalue weighted by Gasteiger charge is -2.21. The molecular weight excluding hydrogens is 651 g/mol. The SMILES string of the molecule is CCOc1cc(/C=N\NC(=O)[C@@H](Cc2ccccc2)NC(=O)[C@@H](C)Oc2ccc(Cl)cc2Cl)cc(Br)c1OCC(N)=O. The first-order valence-electron chi connectivity index (χ1n) is 12.7. The monoisotopic (exact) mass is 678 g/mol. The Morgan fingerprint density at radius 3 is 2.43 bits per heavy atom. The fraction of sp³-hybridized carbons (Fsp3) is 0.241. The Morgan fingerprint density at radius 1 is 1.02 bits per heavy atom. The van der Waals surface area contributed by atoms with Crippen LogP contribution in [0, 0.1) is 0 Å². The molecule has 0 bridgehead atoms. The number of benzene rings is 3. The van der Waals surface area contributed by atoms with E-state index < -0.39 is 29.9 Å². The fourth-order valence-corrected chi connectivity index (χ4v) is 4.65. The second kappa shape index (κ2) is 16.0. The van der Waals surface area contributed by atoms with E-state index in [2.05, 4.69) is 31.8 Å². The van der Waals surface area contributed by atoms with Gasteiger partial charge in [0.2, 0.25) is 0 Å². The molecule has 3 aromatic carbocycles. The standard InChI is InChI=1S/C29H29BrCl2N4O6/c1-3-40-25-13-19(11-21(30)27(25)41-16-26(33)37)15-34-36-29(39)23(12-18-7-5-4-6-8-18)35-28(38)17(2)42-24-10-9-20(31)14-22(24)32/h4-11,13-15,17,23H,3,12,16H2,1-2H3,(H2,33,37)(H,35,38)(H,36,39)/b34-15-/t17-,23-/m1/s1. The first-order valence-corrected chi connectivity index (χ1v) is 14.3. The largest absolute Gasteiger partial charge is 0.490 e. The number of halogens is 3. The number of primary amides is 1. The Bertz CT molecular complexity index is 1440. The quantitative estimate of drug-likeness (QED) is 0.167. The van der Waals surface area contributed by atoms with Gasteiger partial charge in [0.15, 0.2) is 24.2 Å². The summed E-state index contributed by atoms with van der Waals surface area (Å²) in [5.41, 5.74) is 9.04. The third-order valence-corrected chi connectivity index (χ3v) is 6.68. The number of carbonyl (C=O) groups excluding carboxylic acids is 3. The maximum Gasteiger partial charge on any atom is 0.262 e. The highest BCUT2D eigenvalue weighted by molar-refractivity contribution is 9.10. The van der Waals surface area contributed by atoms with Crippen molar-refractivity contribution in [3.63, 3.8) is 0 Å². The molecule has 222 valence electrons. The zero-order valence-electron chi connectivity index (χ0n) is 22.7. The van der Waals surface area contributed by atoms with E-state index in [0.29, 0.717) is 33.2 Å². The lowest BCUT2D eigenvalue weighted by molar-refractivity contribution is -0.132. The lowest BCUT2D eigenvalue weighted by Crippen LogP contribution is -2.50. The van der Waals surface area contributed by atoms with Crippen molar-refractivity contribution in [3.8, 4) is 17.2 Å². The van der Waals surface area contributed by atoms with Crippen LogP contribution in [0.3, 0.4) is 0 Å². The number of hydrogen-bond donors (Lipinski definition) is 3. The van der Waals surface area contributed by atoms with Crippen molar-refractivity contribution >= 4 is 63.1 Å². The predicted molar refractivity (Wildman–Crippen MR) is 164 cm³/mol. The molecule has 0 radical (unpaired) electrons. The van der Waals surface area contributed by atoms with Gasteiger partial charge in [-0.15, -0.1) is 0 Å². The smallest absolute Gasteiger partial charge is 0.262 e. The summed E-state index contributed by atoms with van der Waals surface area (Å²) in [4.78, 5) is 37.3. The van der Waals surface area contributed by atoms with Crippen LogP contribution in [0.1, 0.15) is 25.0 Å². The van der Waals surface area contributed by atoms with Gasteiger partial charge in [0.25, 0.3) is 17.7 Å². The van der Waals surface area contributed by atoms with Crippen LogP contribution < -0.4 is 30.7 Å². The van der Waals surface area contributed by atoms with Crippen LogP contribution in [0.4, 0.5) is 0 Å². The normalized spacial score (nSPS) is 12.3. The molecule has 0 unspecified atom stereocenters. The summed E-state index contributed by atoms with van der Waals surface area (Å²) in [5.74, 6) is -0.780. The van der Waals surface area contributed by atoms with E-state index in [9.17, 15) is 14.4 Å². The van der Waals surface area contributed by atoms with Crippen molar-refractivity contribution in [3.05, 3.63) is 86.3 Å². The molecular formula is C29H29BrCl2N4O6. The molecule has 42 heavy (non-hydrogen) atoms. The zero-order valence-corrected chi connectivity index (χ0v) is 25.8. The average molecular weight is 680 g/mol. The maximum atomic E-state index is 13.2. The van der Waals surface area contributed by atoms with Crippen LogP contribution in [-0.4, -0.2) is 49.3 Å². The summed E-state index contributed by atoms with van der Waals surface area (Å²) >= 11 is 15.5. The minimum Gasteiger partial charge on any atom is -0.490 e. The molecule has 0 fully saturated rings. The zero-order chi connectivity index (χ0) is 30.6. The highest BCUT2D eigenvalue weighted by Gasteiger charge is 2.25. The summed E-state index contributed by atoms with van der Waals surface area (Å²) in [7, 11) is 0. The Labute approximate surface area is 261 Å². The topological polar surface area (TPSA) is 141 Å². The Morgan fingerprint density at radius 2 is 1.76 bits per heavy atom. The van der Waals surface area contributed by atoms with Gasteiger partial charge in [0, 0.05) is 11.4 Å². The van der Waals surface area contributed by atoms with Crippen LogP contribution >= 0.6 is 39.1 Å². The van der Waals surface area contributed by atoms with Crippen molar-refractivity contribution in [2.24, 2.45) is 10.8 Å². The molecule has 0 aliphatic heterocycles. The summed E-state index contributed by atoms with van der Waals surface area (Å²) in [6.45, 7) is 3.35. The lowest BCUT2D eigenvalue weighted by atomic mass is 10.1. The molecule has 4 N–H and O–H groups in total. The fourth-order valence-electron chi connectivity index (χ4n) is 3.62. The molecule has 0 saturated heterocycles. The molecule has 3 aromatic rings. The van der Waals surface area contributed by atoms with Crippen molar-refractivity contribution in [2.75, 3.05) is 13.2 Å². The number of ether oxygens (including phenoxy) is 3. The van der Waals surface area contributed by atoms with Crippen molar-refractivity contribution in [1.29, 1.82) is 0 Å². The van der Waals surface area contributed by atoms with Gasteiger partial charge < -0.3 is 25.3 Å². The predicted octanol–water partition coefficient (Wildman–Crippen LogP) is 4.66. The molecule has 0 aliphatic rings. The Kier molecular flexibility index (Phi) is 12.5. The van der Waals surface area contributed by atoms with Crippen LogP contribution in [0.2, 0.25) is 10.0 Å². The average Bonchev–Trinajstić information content (AvgIpc) is 2.94. The maximum absolute atomic E-state index is 13.2. The number of amides is 3. The minimum absolute atomic E-state index is 0.203. The second-order valence-corrected chi connectivity index (χ2v) is 10.5. The van der Waals surface area contributed by atoms with E-state index in [-0.39, 0.29) is 23.8 Å². The van der Waals surface area contributed by atoms with Gasteiger partial charge in [-0.25, -0.2) is 5.43 Å². The molecule has 0 spiro atoms. The summed E-state index contributed by atoms with van der Waals surface area (Å²) in [5, 5.41) is 7.47. The number of carbonyl (C=O) groups is 3. The van der Waals surface area contributed by atoms with E-state index >= 15 is 0 Å². The van der Waals surface area contributed by atoms with Crippen molar-refractivity contribution in [1.82, 2.24) is 10.7 Å². The second-order valence-electron chi connectivity index (χ2n) is 8.84. The van der Waals surface area contributed by atoms with Crippen molar-refractivity contribution < 1.29 is 28.6 Å². The number of hydrogen-bond acceptors (Lipinski definition) is 7. The van der Waals surface area contributed by atoms with Gasteiger partial charge in [-0.3, -0.25) is 14.4 Å².